The van der Waals surface area contributed by atoms with Crippen molar-refractivity contribution < 1.29 is 4.79 Å². The number of nitrogens with one attached hydrogen (secondary N) is 1. The second-order valence-corrected chi connectivity index (χ2v) is 7.05. The molecule has 1 N–H and O–H groups in total. The Hall–Kier alpha value is -2.32. The van der Waals surface area contributed by atoms with E-state index in [-0.39, 0.29) is 5.91 Å². The third kappa shape index (κ3) is 4.21. The fraction of sp³-hybridized carbons (Fsp3) is 0.227. The molecule has 1 unspecified atom stereocenters. The molecule has 0 spiro atoms. The second kappa shape index (κ2) is 7.71. The fourth-order valence-electron chi connectivity index (χ4n) is 3.08. The fourth-order valence-corrected chi connectivity index (χ4v) is 3.41. The van der Waals surface area contributed by atoms with Gasteiger partial charge in [-0.05, 0) is 53.3 Å². The molecule has 0 fully saturated rings. The molecule has 3 aromatic carbocycles. The summed E-state index contributed by atoms with van der Waals surface area (Å²) in [6.45, 7) is 4.73. The van der Waals surface area contributed by atoms with Crippen LogP contribution in [-0.4, -0.2) is 12.5 Å². The van der Waals surface area contributed by atoms with Crippen molar-refractivity contribution in [2.45, 2.75) is 20.3 Å². The lowest BCUT2D eigenvalue weighted by Crippen LogP contribution is -2.29. The normalized spacial score (nSPS) is 12.1. The Morgan fingerprint density at radius 1 is 1.08 bits per heavy atom. The first-order chi connectivity index (χ1) is 12.0. The van der Waals surface area contributed by atoms with Crippen LogP contribution in [0.1, 0.15) is 28.4 Å². The zero-order valence-corrected chi connectivity index (χ0v) is 15.3. The summed E-state index contributed by atoms with van der Waals surface area (Å²) in [5, 5.41) is 6.04. The van der Waals surface area contributed by atoms with E-state index in [2.05, 4.69) is 54.7 Å². The van der Waals surface area contributed by atoms with E-state index in [0.29, 0.717) is 23.0 Å². The van der Waals surface area contributed by atoms with Gasteiger partial charge in [0.15, 0.2) is 0 Å². The molecule has 0 aliphatic rings. The molecule has 0 saturated heterocycles. The van der Waals surface area contributed by atoms with Gasteiger partial charge in [-0.15, -0.1) is 0 Å². The minimum atomic E-state index is -0.116. The summed E-state index contributed by atoms with van der Waals surface area (Å²) in [4.78, 5) is 12.4. The van der Waals surface area contributed by atoms with Gasteiger partial charge in [0.25, 0.3) is 5.91 Å². The van der Waals surface area contributed by atoms with Crippen LogP contribution >= 0.6 is 11.6 Å². The predicted octanol–water partition coefficient (Wildman–Crippen LogP) is 5.41. The van der Waals surface area contributed by atoms with Gasteiger partial charge >= 0.3 is 0 Å². The number of carbonyl (C=O) groups excluding carboxylic acids is 1. The first-order valence-corrected chi connectivity index (χ1v) is 8.93. The summed E-state index contributed by atoms with van der Waals surface area (Å²) in [6.07, 6.45) is 0.920. The smallest absolute Gasteiger partial charge is 0.252 e. The quantitative estimate of drug-likeness (QED) is 0.654. The Balaban J connectivity index is 1.64. The van der Waals surface area contributed by atoms with Crippen LogP contribution < -0.4 is 5.32 Å². The van der Waals surface area contributed by atoms with E-state index >= 15 is 0 Å². The van der Waals surface area contributed by atoms with E-state index < -0.39 is 0 Å². The summed E-state index contributed by atoms with van der Waals surface area (Å²) in [6, 6.07) is 20.3. The van der Waals surface area contributed by atoms with Crippen molar-refractivity contribution in [1.29, 1.82) is 0 Å². The number of fused-ring (bicyclic) bond motifs is 1. The van der Waals surface area contributed by atoms with Crippen LogP contribution in [-0.2, 0) is 6.42 Å². The van der Waals surface area contributed by atoms with Gasteiger partial charge in [0.05, 0.1) is 10.6 Å². The van der Waals surface area contributed by atoms with Crippen molar-refractivity contribution in [2.24, 2.45) is 5.92 Å². The van der Waals surface area contributed by atoms with E-state index in [1.54, 1.807) is 6.07 Å². The van der Waals surface area contributed by atoms with Gasteiger partial charge in [-0.3, -0.25) is 4.79 Å². The Labute approximate surface area is 153 Å². The first kappa shape index (κ1) is 17.5. The van der Waals surface area contributed by atoms with Crippen LogP contribution in [0, 0.1) is 12.8 Å². The average molecular weight is 352 g/mol. The van der Waals surface area contributed by atoms with Crippen molar-refractivity contribution in [1.82, 2.24) is 5.32 Å². The van der Waals surface area contributed by atoms with Crippen molar-refractivity contribution in [3.8, 4) is 0 Å². The highest BCUT2D eigenvalue weighted by Gasteiger charge is 2.12. The van der Waals surface area contributed by atoms with Crippen molar-refractivity contribution >= 4 is 28.3 Å². The summed E-state index contributed by atoms with van der Waals surface area (Å²) >= 11 is 6.17. The molecule has 0 aliphatic carbocycles. The minimum Gasteiger partial charge on any atom is -0.352 e. The van der Waals surface area contributed by atoms with Crippen LogP contribution in [0.2, 0.25) is 5.02 Å². The van der Waals surface area contributed by atoms with Gasteiger partial charge in [0.2, 0.25) is 0 Å². The Kier molecular flexibility index (Phi) is 5.40. The number of benzene rings is 3. The maximum Gasteiger partial charge on any atom is 0.252 e. The zero-order valence-electron chi connectivity index (χ0n) is 14.6. The molecule has 3 rings (SSSR count). The molecule has 0 aromatic heterocycles. The van der Waals surface area contributed by atoms with Crippen LogP contribution in [0.15, 0.2) is 60.7 Å². The van der Waals surface area contributed by atoms with Gasteiger partial charge in [0.1, 0.15) is 0 Å². The molecule has 128 valence electrons. The summed E-state index contributed by atoms with van der Waals surface area (Å²) < 4.78 is 0. The number of halogens is 1. The largest absolute Gasteiger partial charge is 0.352 e. The molecular formula is C22H22ClNO. The number of hydrogen-bond donors (Lipinski definition) is 1. The topological polar surface area (TPSA) is 29.1 Å². The maximum absolute atomic E-state index is 12.4. The summed E-state index contributed by atoms with van der Waals surface area (Å²) in [5.74, 6) is 0.216. The standard InChI is InChI=1S/C22H22ClNO/c1-15-10-11-20(21(23)13-15)22(25)24-14-16(2)12-18-8-5-7-17-6-3-4-9-19(17)18/h3-11,13,16H,12,14H2,1-2H3,(H,24,25). The zero-order chi connectivity index (χ0) is 17.8. The highest BCUT2D eigenvalue weighted by Crippen LogP contribution is 2.21. The van der Waals surface area contributed by atoms with Crippen molar-refractivity contribution in [2.75, 3.05) is 6.54 Å². The molecule has 0 aliphatic heterocycles. The Morgan fingerprint density at radius 3 is 2.64 bits per heavy atom. The highest BCUT2D eigenvalue weighted by molar-refractivity contribution is 6.33. The number of aryl methyl sites for hydroxylation is 1. The van der Waals surface area contributed by atoms with Gasteiger partial charge < -0.3 is 5.32 Å². The van der Waals surface area contributed by atoms with E-state index in [1.165, 1.54) is 16.3 Å². The van der Waals surface area contributed by atoms with Gasteiger partial charge in [0, 0.05) is 6.54 Å². The molecule has 1 atom stereocenters. The van der Waals surface area contributed by atoms with Crippen LogP contribution in [0.3, 0.4) is 0 Å². The van der Waals surface area contributed by atoms with Gasteiger partial charge in [-0.25, -0.2) is 0 Å². The van der Waals surface area contributed by atoms with Gasteiger partial charge in [-0.2, -0.15) is 0 Å². The summed E-state index contributed by atoms with van der Waals surface area (Å²) in [5.41, 5.74) is 2.89. The minimum absolute atomic E-state index is 0.116. The number of rotatable bonds is 5. The molecule has 1 amide bonds. The second-order valence-electron chi connectivity index (χ2n) is 6.64. The van der Waals surface area contributed by atoms with Crippen molar-refractivity contribution in [3.63, 3.8) is 0 Å². The van der Waals surface area contributed by atoms with E-state index in [1.807, 2.05) is 19.1 Å². The molecule has 3 aromatic rings. The lowest BCUT2D eigenvalue weighted by molar-refractivity contribution is 0.0948. The Morgan fingerprint density at radius 2 is 1.84 bits per heavy atom. The lowest BCUT2D eigenvalue weighted by atomic mass is 9.96. The third-order valence-electron chi connectivity index (χ3n) is 4.43. The molecule has 0 saturated carbocycles. The molecule has 3 heteroatoms. The summed E-state index contributed by atoms with van der Waals surface area (Å²) in [7, 11) is 0. The molecule has 0 heterocycles. The van der Waals surface area contributed by atoms with E-state index in [9.17, 15) is 4.79 Å². The first-order valence-electron chi connectivity index (χ1n) is 8.55. The SMILES string of the molecule is Cc1ccc(C(=O)NCC(C)Cc2cccc3ccccc23)c(Cl)c1. The monoisotopic (exact) mass is 351 g/mol. The lowest BCUT2D eigenvalue weighted by Gasteiger charge is -2.15. The molecule has 0 bridgehead atoms. The van der Waals surface area contributed by atoms with Crippen LogP contribution in [0.4, 0.5) is 0 Å². The molecule has 0 radical (unpaired) electrons. The third-order valence-corrected chi connectivity index (χ3v) is 4.74. The number of hydrogen-bond acceptors (Lipinski definition) is 1. The predicted molar refractivity (Wildman–Crippen MR) is 105 cm³/mol. The molecule has 25 heavy (non-hydrogen) atoms. The van der Waals surface area contributed by atoms with E-state index in [4.69, 9.17) is 11.6 Å². The van der Waals surface area contributed by atoms with E-state index in [0.717, 1.165) is 12.0 Å². The number of carbonyl (C=O) groups is 1. The van der Waals surface area contributed by atoms with Crippen LogP contribution in [0.25, 0.3) is 10.8 Å². The molecular weight excluding hydrogens is 330 g/mol. The highest BCUT2D eigenvalue weighted by atomic mass is 35.5. The van der Waals surface area contributed by atoms with Gasteiger partial charge in [-0.1, -0.05) is 67.1 Å². The molecule has 2 nitrogen and oxygen atoms in total. The maximum atomic E-state index is 12.4. The Bertz CT molecular complexity index is 898. The van der Waals surface area contributed by atoms with Crippen molar-refractivity contribution in [3.05, 3.63) is 82.4 Å². The van der Waals surface area contributed by atoms with Crippen LogP contribution in [0.5, 0.6) is 0 Å². The number of amides is 1. The average Bonchev–Trinajstić information content (AvgIpc) is 2.60.